The number of carbonyl (C=O) groups excluding carboxylic acids is 2. The summed E-state index contributed by atoms with van der Waals surface area (Å²) in [6, 6.07) is 4.12. The summed E-state index contributed by atoms with van der Waals surface area (Å²) < 4.78 is 2.10. The molecule has 3 atom stereocenters. The molecule has 9 heteroatoms. The van der Waals surface area contributed by atoms with E-state index in [0.717, 1.165) is 5.39 Å². The van der Waals surface area contributed by atoms with Gasteiger partial charge in [0.15, 0.2) is 0 Å². The van der Waals surface area contributed by atoms with Gasteiger partial charge in [0.05, 0.1) is 10.7 Å². The average molecular weight is 462 g/mol. The lowest BCUT2D eigenvalue weighted by Crippen LogP contribution is -2.43. The van der Waals surface area contributed by atoms with Crippen LogP contribution >= 0.6 is 15.9 Å². The van der Waals surface area contributed by atoms with Gasteiger partial charge in [-0.2, -0.15) is 5.26 Å². The lowest BCUT2D eigenvalue weighted by atomic mass is 9.98. The molecule has 0 spiro atoms. The van der Waals surface area contributed by atoms with Gasteiger partial charge in [0.25, 0.3) is 5.56 Å². The Hall–Kier alpha value is -2.60. The van der Waals surface area contributed by atoms with Crippen LogP contribution in [0.15, 0.2) is 27.7 Å². The third-order valence-electron chi connectivity index (χ3n) is 5.17. The Morgan fingerprint density at radius 2 is 2.21 bits per heavy atom. The first-order valence-corrected chi connectivity index (χ1v) is 10.5. The molecule has 29 heavy (non-hydrogen) atoms. The zero-order valence-corrected chi connectivity index (χ0v) is 18.0. The smallest absolute Gasteiger partial charge is 0.275 e. The fourth-order valence-corrected chi connectivity index (χ4v) is 4.15. The number of hydrogen-bond acceptors (Lipinski definition) is 4. The molecule has 2 aromatic heterocycles. The molecule has 0 unspecified atom stereocenters. The first kappa shape index (κ1) is 21.1. The molecular weight excluding hydrogens is 438 g/mol. The number of nitrogens with zero attached hydrogens (tertiary/aromatic N) is 2. The van der Waals surface area contributed by atoms with Crippen molar-refractivity contribution in [3.05, 3.63) is 33.3 Å². The van der Waals surface area contributed by atoms with E-state index in [1.54, 1.807) is 18.3 Å². The molecule has 1 fully saturated rings. The van der Waals surface area contributed by atoms with Gasteiger partial charge in [-0.05, 0) is 53.2 Å². The second-order valence-corrected chi connectivity index (χ2v) is 8.68. The van der Waals surface area contributed by atoms with Gasteiger partial charge in [-0.25, -0.2) is 0 Å². The molecule has 2 amide bonds. The molecule has 3 rings (SSSR count). The van der Waals surface area contributed by atoms with Crippen molar-refractivity contribution in [3.8, 4) is 6.07 Å². The van der Waals surface area contributed by atoms with Crippen molar-refractivity contribution >= 4 is 38.6 Å². The van der Waals surface area contributed by atoms with Crippen LogP contribution in [-0.4, -0.2) is 34.0 Å². The summed E-state index contributed by atoms with van der Waals surface area (Å²) in [4.78, 5) is 40.8. The molecule has 0 aliphatic carbocycles. The summed E-state index contributed by atoms with van der Waals surface area (Å²) in [5.41, 5.74) is 0.123. The molecule has 154 valence electrons. The van der Waals surface area contributed by atoms with Crippen molar-refractivity contribution in [1.82, 2.24) is 20.2 Å². The molecule has 3 heterocycles. The largest absolute Gasteiger partial charge is 0.356 e. The van der Waals surface area contributed by atoms with E-state index in [1.807, 2.05) is 13.8 Å². The summed E-state index contributed by atoms with van der Waals surface area (Å²) in [6.45, 7) is 4.53. The first-order chi connectivity index (χ1) is 13.8. The van der Waals surface area contributed by atoms with Crippen molar-refractivity contribution in [2.45, 2.75) is 45.2 Å². The standard InChI is InChI=1S/C20H24BrN5O3/c1-11(2)7-15(26-6-4-12-9-16(21)25-17(12)20(26)29)19(28)24-14(10-22)8-13-3-5-23-18(13)27/h4,6,9,11,13-15,25H,3,5,7-8H2,1-2H3,(H,23,27)(H,24,28)/t13-,14-,15+/m0/s1. The van der Waals surface area contributed by atoms with Crippen molar-refractivity contribution in [2.75, 3.05) is 6.54 Å². The van der Waals surface area contributed by atoms with Crippen LogP contribution in [0.5, 0.6) is 0 Å². The quantitative estimate of drug-likeness (QED) is 0.585. The molecule has 8 nitrogen and oxygen atoms in total. The number of hydrogen-bond donors (Lipinski definition) is 3. The van der Waals surface area contributed by atoms with Crippen LogP contribution in [0, 0.1) is 23.2 Å². The minimum atomic E-state index is -0.787. The van der Waals surface area contributed by atoms with E-state index in [1.165, 1.54) is 4.57 Å². The lowest BCUT2D eigenvalue weighted by Gasteiger charge is -2.23. The maximum atomic E-state index is 13.1. The molecule has 2 aromatic rings. The van der Waals surface area contributed by atoms with Crippen molar-refractivity contribution in [1.29, 1.82) is 5.26 Å². The summed E-state index contributed by atoms with van der Waals surface area (Å²) in [5.74, 6) is -0.600. The number of aromatic amines is 1. The minimum absolute atomic E-state index is 0.0859. The van der Waals surface area contributed by atoms with Crippen LogP contribution in [-0.2, 0) is 9.59 Å². The van der Waals surface area contributed by atoms with Crippen LogP contribution in [0.2, 0.25) is 0 Å². The van der Waals surface area contributed by atoms with Gasteiger partial charge in [0.1, 0.15) is 17.6 Å². The summed E-state index contributed by atoms with van der Waals surface area (Å²) in [7, 11) is 0. The predicted octanol–water partition coefficient (Wildman–Crippen LogP) is 2.21. The molecule has 1 saturated heterocycles. The number of nitriles is 1. The van der Waals surface area contributed by atoms with Gasteiger partial charge in [0.2, 0.25) is 11.8 Å². The van der Waals surface area contributed by atoms with Gasteiger partial charge < -0.3 is 20.2 Å². The highest BCUT2D eigenvalue weighted by Crippen LogP contribution is 2.22. The van der Waals surface area contributed by atoms with Crippen LogP contribution in [0.25, 0.3) is 10.9 Å². The number of halogens is 1. The Kier molecular flexibility index (Phi) is 6.42. The van der Waals surface area contributed by atoms with Gasteiger partial charge in [-0.1, -0.05) is 13.8 Å². The van der Waals surface area contributed by atoms with Gasteiger partial charge in [0, 0.05) is 24.0 Å². The van der Waals surface area contributed by atoms with E-state index in [-0.39, 0.29) is 29.7 Å². The van der Waals surface area contributed by atoms with E-state index in [4.69, 9.17) is 0 Å². The Morgan fingerprint density at radius 1 is 1.45 bits per heavy atom. The Labute approximate surface area is 176 Å². The van der Waals surface area contributed by atoms with Crippen molar-refractivity contribution < 1.29 is 9.59 Å². The molecule has 3 N–H and O–H groups in total. The molecule has 0 bridgehead atoms. The van der Waals surface area contributed by atoms with Gasteiger partial charge in [-0.15, -0.1) is 0 Å². The highest BCUT2D eigenvalue weighted by atomic mass is 79.9. The first-order valence-electron chi connectivity index (χ1n) is 9.67. The SMILES string of the molecule is CC(C)C[C@H](C(=O)N[C@H](C#N)C[C@@H]1CCNC1=O)n1ccc2cc(Br)[nH]c2c1=O. The molecule has 0 saturated carbocycles. The van der Waals surface area contributed by atoms with E-state index < -0.39 is 18.0 Å². The highest BCUT2D eigenvalue weighted by molar-refractivity contribution is 9.10. The Morgan fingerprint density at radius 3 is 2.83 bits per heavy atom. The number of H-pyrrole nitrogens is 1. The number of pyridine rings is 1. The summed E-state index contributed by atoms with van der Waals surface area (Å²) >= 11 is 3.33. The second kappa shape index (κ2) is 8.82. The lowest BCUT2D eigenvalue weighted by molar-refractivity contribution is -0.126. The van der Waals surface area contributed by atoms with E-state index >= 15 is 0 Å². The molecule has 0 radical (unpaired) electrons. The third-order valence-corrected chi connectivity index (χ3v) is 5.59. The van der Waals surface area contributed by atoms with Crippen LogP contribution in [0.3, 0.4) is 0 Å². The topological polar surface area (TPSA) is 120 Å². The normalized spacial score (nSPS) is 18.4. The molecule has 1 aliphatic rings. The maximum absolute atomic E-state index is 13.1. The fraction of sp³-hybridized carbons (Fsp3) is 0.500. The molecule has 0 aromatic carbocycles. The summed E-state index contributed by atoms with van der Waals surface area (Å²) in [5, 5.41) is 15.7. The Balaban J connectivity index is 1.85. The van der Waals surface area contributed by atoms with Crippen molar-refractivity contribution in [3.63, 3.8) is 0 Å². The third kappa shape index (κ3) is 4.70. The Bertz CT molecular complexity index is 1020. The van der Waals surface area contributed by atoms with Crippen LogP contribution in [0.1, 0.15) is 39.2 Å². The highest BCUT2D eigenvalue weighted by Gasteiger charge is 2.30. The molecular formula is C20H24BrN5O3. The number of aromatic nitrogens is 2. The maximum Gasteiger partial charge on any atom is 0.275 e. The molecule has 1 aliphatic heterocycles. The number of amides is 2. The number of nitrogens with one attached hydrogen (secondary N) is 3. The van der Waals surface area contributed by atoms with Gasteiger partial charge >= 0.3 is 0 Å². The van der Waals surface area contributed by atoms with E-state index in [0.29, 0.717) is 29.5 Å². The number of rotatable bonds is 7. The monoisotopic (exact) mass is 461 g/mol. The van der Waals surface area contributed by atoms with Crippen LogP contribution in [0.4, 0.5) is 0 Å². The predicted molar refractivity (Wildman–Crippen MR) is 112 cm³/mol. The zero-order chi connectivity index (χ0) is 21.1. The fourth-order valence-electron chi connectivity index (χ4n) is 3.71. The summed E-state index contributed by atoms with van der Waals surface area (Å²) in [6.07, 6.45) is 2.98. The second-order valence-electron chi connectivity index (χ2n) is 7.82. The number of fused-ring (bicyclic) bond motifs is 1. The van der Waals surface area contributed by atoms with Gasteiger partial charge in [-0.3, -0.25) is 14.4 Å². The van der Waals surface area contributed by atoms with E-state index in [9.17, 15) is 19.6 Å². The zero-order valence-electron chi connectivity index (χ0n) is 16.4. The minimum Gasteiger partial charge on any atom is -0.356 e. The number of carbonyl (C=O) groups is 2. The van der Waals surface area contributed by atoms with E-state index in [2.05, 4.69) is 37.6 Å². The van der Waals surface area contributed by atoms with Crippen LogP contribution < -0.4 is 16.2 Å². The average Bonchev–Trinajstić information content (AvgIpc) is 3.25. The van der Waals surface area contributed by atoms with Crippen molar-refractivity contribution in [2.24, 2.45) is 11.8 Å².